The number of halogens is 3. The Balaban J connectivity index is 0.000000374. The zero-order valence-corrected chi connectivity index (χ0v) is 20.0. The molecule has 196 valence electrons. The number of anilines is 1. The second-order valence-electron chi connectivity index (χ2n) is 9.13. The fraction of sp³-hybridized carbons (Fsp3) is 0.222. The Hall–Kier alpha value is -4.38. The second kappa shape index (κ2) is 9.18. The molecule has 4 aromatic rings. The fourth-order valence-corrected chi connectivity index (χ4v) is 4.94. The van der Waals surface area contributed by atoms with Crippen LogP contribution in [0.25, 0.3) is 22.2 Å². The topological polar surface area (TPSA) is 125 Å². The van der Waals surface area contributed by atoms with Gasteiger partial charge in [-0.05, 0) is 47.4 Å². The number of carboxylic acid groups (broad SMARTS) is 1. The van der Waals surface area contributed by atoms with Gasteiger partial charge in [0, 0.05) is 22.6 Å². The van der Waals surface area contributed by atoms with E-state index in [4.69, 9.17) is 14.6 Å². The van der Waals surface area contributed by atoms with Crippen LogP contribution in [-0.2, 0) is 21.6 Å². The highest BCUT2D eigenvalue weighted by atomic mass is 19.4. The quantitative estimate of drug-likeness (QED) is 0.305. The van der Waals surface area contributed by atoms with E-state index >= 15 is 0 Å². The molecule has 1 spiro atoms. The first-order valence-electron chi connectivity index (χ1n) is 11.6. The van der Waals surface area contributed by atoms with Crippen molar-refractivity contribution in [2.75, 3.05) is 12.4 Å². The molecule has 1 saturated carbocycles. The highest BCUT2D eigenvalue weighted by Gasteiger charge is 2.65. The SMILES string of the molecule is COc1ccc2c(c1)C1(CC1c1ccc3c(-c4ccc(CO)cc4)n[nH]c3c1)C(=O)N2.O=C(O)C(F)(F)F. The molecule has 1 aliphatic heterocycles. The predicted octanol–water partition coefficient (Wildman–Crippen LogP) is 4.74. The molecule has 2 atom stereocenters. The van der Waals surface area contributed by atoms with E-state index in [0.717, 1.165) is 56.7 Å². The van der Waals surface area contributed by atoms with E-state index in [1.54, 1.807) is 7.11 Å². The van der Waals surface area contributed by atoms with Gasteiger partial charge in [-0.15, -0.1) is 0 Å². The molecule has 11 heteroatoms. The summed E-state index contributed by atoms with van der Waals surface area (Å²) in [5.74, 6) is -1.80. The molecule has 1 fully saturated rings. The van der Waals surface area contributed by atoms with Gasteiger partial charge < -0.3 is 20.3 Å². The highest BCUT2D eigenvalue weighted by molar-refractivity contribution is 6.10. The Bertz CT molecular complexity index is 1550. The Labute approximate surface area is 214 Å². The largest absolute Gasteiger partial charge is 0.497 e. The van der Waals surface area contributed by atoms with Gasteiger partial charge >= 0.3 is 12.1 Å². The zero-order chi connectivity index (χ0) is 27.2. The lowest BCUT2D eigenvalue weighted by atomic mass is 9.91. The minimum absolute atomic E-state index is 0.0245. The first kappa shape index (κ1) is 25.3. The maximum atomic E-state index is 12.9. The normalized spacial score (nSPS) is 19.5. The van der Waals surface area contributed by atoms with Gasteiger partial charge in [0.2, 0.25) is 5.91 Å². The lowest BCUT2D eigenvalue weighted by Gasteiger charge is -2.10. The van der Waals surface area contributed by atoms with Gasteiger partial charge in [-0.3, -0.25) is 9.89 Å². The minimum Gasteiger partial charge on any atom is -0.497 e. The van der Waals surface area contributed by atoms with Crippen molar-refractivity contribution in [1.29, 1.82) is 0 Å². The fourth-order valence-electron chi connectivity index (χ4n) is 4.94. The Kier molecular flexibility index (Phi) is 6.10. The molecule has 0 radical (unpaired) electrons. The lowest BCUT2D eigenvalue weighted by Crippen LogP contribution is -2.21. The van der Waals surface area contributed by atoms with Crippen LogP contribution in [0.5, 0.6) is 5.75 Å². The van der Waals surface area contributed by atoms with Crippen molar-refractivity contribution in [1.82, 2.24) is 10.2 Å². The number of aromatic nitrogens is 2. The van der Waals surface area contributed by atoms with Crippen LogP contribution in [0, 0.1) is 0 Å². The number of rotatable bonds is 4. The van der Waals surface area contributed by atoms with Gasteiger partial charge in [0.25, 0.3) is 0 Å². The van der Waals surface area contributed by atoms with Gasteiger partial charge in [0.15, 0.2) is 0 Å². The predicted molar refractivity (Wildman–Crippen MR) is 132 cm³/mol. The summed E-state index contributed by atoms with van der Waals surface area (Å²) in [6.07, 6.45) is -4.30. The summed E-state index contributed by atoms with van der Waals surface area (Å²) in [6, 6.07) is 19.8. The van der Waals surface area contributed by atoms with Crippen LogP contribution < -0.4 is 10.1 Å². The number of methoxy groups -OCH3 is 1. The third-order valence-corrected chi connectivity index (χ3v) is 6.96. The van der Waals surface area contributed by atoms with Crippen molar-refractivity contribution in [3.63, 3.8) is 0 Å². The van der Waals surface area contributed by atoms with Crippen LogP contribution in [0.1, 0.15) is 29.0 Å². The van der Waals surface area contributed by atoms with Crippen LogP contribution >= 0.6 is 0 Å². The smallest absolute Gasteiger partial charge is 0.490 e. The van der Waals surface area contributed by atoms with E-state index in [1.807, 2.05) is 42.5 Å². The van der Waals surface area contributed by atoms with Gasteiger partial charge in [0.1, 0.15) is 5.75 Å². The van der Waals surface area contributed by atoms with E-state index in [9.17, 15) is 23.1 Å². The van der Waals surface area contributed by atoms with Gasteiger partial charge in [-0.1, -0.05) is 36.4 Å². The van der Waals surface area contributed by atoms with Crippen LogP contribution in [0.4, 0.5) is 18.9 Å². The number of carbonyl (C=O) groups excluding carboxylic acids is 1. The molecule has 38 heavy (non-hydrogen) atoms. The highest BCUT2D eigenvalue weighted by Crippen LogP contribution is 2.65. The van der Waals surface area contributed by atoms with Crippen molar-refractivity contribution in [3.05, 3.63) is 77.4 Å². The maximum Gasteiger partial charge on any atom is 0.490 e. The number of aliphatic hydroxyl groups excluding tert-OH is 1. The Morgan fingerprint density at radius 1 is 1.13 bits per heavy atom. The van der Waals surface area contributed by atoms with Crippen molar-refractivity contribution >= 4 is 28.5 Å². The number of carboxylic acids is 1. The molecular weight excluding hydrogens is 503 g/mol. The molecule has 1 aliphatic carbocycles. The van der Waals surface area contributed by atoms with E-state index < -0.39 is 17.6 Å². The number of nitrogens with zero attached hydrogens (tertiary/aromatic N) is 1. The van der Waals surface area contributed by atoms with E-state index in [1.165, 1.54) is 0 Å². The summed E-state index contributed by atoms with van der Waals surface area (Å²) >= 11 is 0. The molecule has 2 heterocycles. The Morgan fingerprint density at radius 2 is 1.84 bits per heavy atom. The molecular formula is C27H22F3N3O5. The lowest BCUT2D eigenvalue weighted by molar-refractivity contribution is -0.192. The average molecular weight is 525 g/mol. The van der Waals surface area contributed by atoms with E-state index in [-0.39, 0.29) is 18.4 Å². The molecule has 2 aliphatic rings. The summed E-state index contributed by atoms with van der Waals surface area (Å²) in [7, 11) is 1.64. The summed E-state index contributed by atoms with van der Waals surface area (Å²) in [5.41, 5.74) is 6.22. The molecule has 8 nitrogen and oxygen atoms in total. The van der Waals surface area contributed by atoms with E-state index in [0.29, 0.717) is 0 Å². The molecule has 4 N–H and O–H groups in total. The number of hydrogen-bond acceptors (Lipinski definition) is 5. The molecule has 1 aromatic heterocycles. The number of fused-ring (bicyclic) bond motifs is 3. The third kappa shape index (κ3) is 4.24. The maximum absolute atomic E-state index is 12.9. The number of aromatic amines is 1. The summed E-state index contributed by atoms with van der Waals surface area (Å²) in [4.78, 5) is 21.8. The van der Waals surface area contributed by atoms with Crippen LogP contribution in [-0.4, -0.2) is 45.6 Å². The minimum atomic E-state index is -5.08. The molecule has 1 amide bonds. The number of benzene rings is 3. The zero-order valence-electron chi connectivity index (χ0n) is 20.0. The van der Waals surface area contributed by atoms with Gasteiger partial charge in [-0.2, -0.15) is 18.3 Å². The Morgan fingerprint density at radius 3 is 2.47 bits per heavy atom. The number of H-pyrrole nitrogens is 1. The van der Waals surface area contributed by atoms with Crippen LogP contribution in [0.15, 0.2) is 60.7 Å². The van der Waals surface area contributed by atoms with Crippen molar-refractivity contribution < 1.29 is 37.7 Å². The first-order valence-corrected chi connectivity index (χ1v) is 11.6. The molecule has 0 bridgehead atoms. The number of aliphatic hydroxyl groups is 1. The third-order valence-electron chi connectivity index (χ3n) is 6.96. The number of carbonyl (C=O) groups is 2. The number of alkyl halides is 3. The number of hydrogen-bond donors (Lipinski definition) is 4. The molecule has 2 unspecified atom stereocenters. The van der Waals surface area contributed by atoms with Crippen LogP contribution in [0.3, 0.4) is 0 Å². The van der Waals surface area contributed by atoms with Gasteiger partial charge in [-0.25, -0.2) is 4.79 Å². The number of ether oxygens (including phenoxy) is 1. The summed E-state index contributed by atoms with van der Waals surface area (Å²) in [6.45, 7) is 0.0245. The average Bonchev–Trinajstić information content (AvgIpc) is 3.43. The summed E-state index contributed by atoms with van der Waals surface area (Å²) in [5, 5.41) is 28.1. The van der Waals surface area contributed by atoms with Crippen LogP contribution in [0.2, 0.25) is 0 Å². The second-order valence-corrected chi connectivity index (χ2v) is 9.13. The summed E-state index contributed by atoms with van der Waals surface area (Å²) < 4.78 is 37.1. The van der Waals surface area contributed by atoms with Crippen molar-refractivity contribution in [2.24, 2.45) is 0 Å². The monoisotopic (exact) mass is 525 g/mol. The first-order chi connectivity index (χ1) is 18.1. The molecule has 3 aromatic carbocycles. The van der Waals surface area contributed by atoms with Gasteiger partial charge in [0.05, 0.1) is 30.3 Å². The standard InChI is InChI=1S/C25H21N3O3.C2HF3O2/c1-31-17-7-9-21-19(11-17)25(24(30)26-21)12-20(25)16-6-8-18-22(10-16)27-28-23(18)15-4-2-14(13-29)3-5-15;3-2(4,5)1(6)7/h2-11,20,29H,12-13H2,1H3,(H,26,30)(H,27,28);(H,6,7). The van der Waals surface area contributed by atoms with Crippen molar-refractivity contribution in [3.8, 4) is 17.0 Å². The van der Waals surface area contributed by atoms with E-state index in [2.05, 4.69) is 33.7 Å². The number of aliphatic carboxylic acids is 1. The number of nitrogens with one attached hydrogen (secondary N) is 2. The molecule has 6 rings (SSSR count). The molecule has 0 saturated heterocycles. The number of amides is 1. The van der Waals surface area contributed by atoms with Crippen molar-refractivity contribution in [2.45, 2.75) is 30.5 Å².